The summed E-state index contributed by atoms with van der Waals surface area (Å²) in [6.45, 7) is 4.97. The fraction of sp³-hybridized carbons (Fsp3) is 0.227. The van der Waals surface area contributed by atoms with Crippen molar-refractivity contribution in [1.29, 1.82) is 0 Å². The van der Waals surface area contributed by atoms with E-state index in [1.54, 1.807) is 0 Å². The van der Waals surface area contributed by atoms with Crippen LogP contribution in [0.15, 0.2) is 83.9 Å². The van der Waals surface area contributed by atoms with Gasteiger partial charge in [-0.3, -0.25) is 0 Å². The van der Waals surface area contributed by atoms with Gasteiger partial charge in [-0.1, -0.05) is 60.6 Å². The fourth-order valence-electron chi connectivity index (χ4n) is 3.66. The van der Waals surface area contributed by atoms with E-state index in [4.69, 9.17) is 16.7 Å². The maximum absolute atomic E-state index is 6.04. The minimum absolute atomic E-state index is 0.775. The SMILES string of the molecule is C=CN1N=C(c2ccccc2)N2CCCCC(Cc3ccc(Cl)cc3)=C12. The van der Waals surface area contributed by atoms with Crippen LogP contribution in [0.25, 0.3) is 0 Å². The van der Waals surface area contributed by atoms with Gasteiger partial charge in [-0.2, -0.15) is 0 Å². The number of allylic oxidation sites excluding steroid dienone is 1. The van der Waals surface area contributed by atoms with Crippen LogP contribution < -0.4 is 0 Å². The van der Waals surface area contributed by atoms with Gasteiger partial charge in [0.25, 0.3) is 0 Å². The van der Waals surface area contributed by atoms with E-state index in [1.165, 1.54) is 23.4 Å². The third-order valence-corrected chi connectivity index (χ3v) is 5.14. The molecule has 2 aromatic carbocycles. The van der Waals surface area contributed by atoms with Gasteiger partial charge >= 0.3 is 0 Å². The van der Waals surface area contributed by atoms with Crippen LogP contribution in [-0.4, -0.2) is 22.3 Å². The number of hydrogen-bond acceptors (Lipinski definition) is 3. The Morgan fingerprint density at radius 3 is 2.54 bits per heavy atom. The Morgan fingerprint density at radius 2 is 1.81 bits per heavy atom. The van der Waals surface area contributed by atoms with Crippen molar-refractivity contribution in [2.24, 2.45) is 5.10 Å². The number of halogens is 1. The molecule has 132 valence electrons. The summed E-state index contributed by atoms with van der Waals surface area (Å²) in [5, 5.41) is 7.57. The van der Waals surface area contributed by atoms with Gasteiger partial charge in [0.1, 0.15) is 5.82 Å². The van der Waals surface area contributed by atoms with Gasteiger partial charge in [0.05, 0.1) is 0 Å². The second-order valence-corrected chi connectivity index (χ2v) is 7.09. The van der Waals surface area contributed by atoms with Crippen molar-refractivity contribution in [3.8, 4) is 0 Å². The molecule has 0 bridgehead atoms. The van der Waals surface area contributed by atoms with E-state index in [0.717, 1.165) is 42.2 Å². The third-order valence-electron chi connectivity index (χ3n) is 4.89. The normalized spacial score (nSPS) is 17.0. The Hall–Kier alpha value is -2.52. The predicted octanol–water partition coefficient (Wildman–Crippen LogP) is 5.40. The van der Waals surface area contributed by atoms with Gasteiger partial charge < -0.3 is 4.90 Å². The maximum atomic E-state index is 6.04. The molecule has 0 fully saturated rings. The minimum atomic E-state index is 0.775. The van der Waals surface area contributed by atoms with Gasteiger partial charge in [-0.15, -0.1) is 5.10 Å². The van der Waals surface area contributed by atoms with Crippen LogP contribution in [0.3, 0.4) is 0 Å². The summed E-state index contributed by atoms with van der Waals surface area (Å²) in [6.07, 6.45) is 6.15. The van der Waals surface area contributed by atoms with Gasteiger partial charge in [0.15, 0.2) is 5.84 Å². The molecule has 0 unspecified atom stereocenters. The first kappa shape index (κ1) is 16.9. The second-order valence-electron chi connectivity index (χ2n) is 6.66. The van der Waals surface area contributed by atoms with Crippen LogP contribution in [0.4, 0.5) is 0 Å². The summed E-state index contributed by atoms with van der Waals surface area (Å²) in [7, 11) is 0. The number of benzene rings is 2. The molecule has 0 aromatic heterocycles. The van der Waals surface area contributed by atoms with Crippen molar-refractivity contribution in [3.63, 3.8) is 0 Å². The molecule has 0 saturated heterocycles. The van der Waals surface area contributed by atoms with E-state index in [1.807, 2.05) is 29.4 Å². The highest BCUT2D eigenvalue weighted by molar-refractivity contribution is 6.30. The topological polar surface area (TPSA) is 18.8 Å². The van der Waals surface area contributed by atoms with Gasteiger partial charge in [-0.25, -0.2) is 5.01 Å². The molecule has 2 heterocycles. The molecular weight excluding hydrogens is 342 g/mol. The van der Waals surface area contributed by atoms with E-state index in [0.29, 0.717) is 0 Å². The molecule has 2 aromatic rings. The van der Waals surface area contributed by atoms with Crippen LogP contribution in [0.1, 0.15) is 30.4 Å². The fourth-order valence-corrected chi connectivity index (χ4v) is 3.78. The zero-order valence-corrected chi connectivity index (χ0v) is 15.5. The standard InChI is InChI=1S/C22H22ClN3/c1-2-26-22-19(16-17-11-13-20(23)14-12-17)10-6-7-15-25(22)21(24-26)18-8-4-3-5-9-18/h2-5,8-9,11-14H,1,6-7,10,15-16H2. The van der Waals surface area contributed by atoms with Crippen LogP contribution in [0, 0.1) is 0 Å². The van der Waals surface area contributed by atoms with Crippen molar-refractivity contribution in [1.82, 2.24) is 9.91 Å². The number of amidine groups is 1. The molecule has 2 aliphatic heterocycles. The summed E-state index contributed by atoms with van der Waals surface area (Å²) in [5.74, 6) is 2.18. The molecule has 3 nitrogen and oxygen atoms in total. The lowest BCUT2D eigenvalue weighted by molar-refractivity contribution is 0.398. The van der Waals surface area contributed by atoms with Crippen LogP contribution >= 0.6 is 11.6 Å². The Balaban J connectivity index is 1.73. The van der Waals surface area contributed by atoms with Crippen LogP contribution in [0.2, 0.25) is 5.02 Å². The van der Waals surface area contributed by atoms with E-state index < -0.39 is 0 Å². The van der Waals surface area contributed by atoms with E-state index in [9.17, 15) is 0 Å². The molecule has 4 rings (SSSR count). The predicted molar refractivity (Wildman–Crippen MR) is 108 cm³/mol. The van der Waals surface area contributed by atoms with Crippen molar-refractivity contribution < 1.29 is 0 Å². The average molecular weight is 364 g/mol. The van der Waals surface area contributed by atoms with E-state index in [2.05, 4.69) is 47.9 Å². The number of fused-ring (bicyclic) bond motifs is 1. The zero-order chi connectivity index (χ0) is 17.9. The van der Waals surface area contributed by atoms with Crippen molar-refractivity contribution in [3.05, 3.63) is 94.9 Å². The van der Waals surface area contributed by atoms with Gasteiger partial charge in [0.2, 0.25) is 0 Å². The molecule has 0 amide bonds. The zero-order valence-electron chi connectivity index (χ0n) is 14.7. The first-order valence-corrected chi connectivity index (χ1v) is 9.44. The third kappa shape index (κ3) is 3.27. The molecular formula is C22H22ClN3. The summed E-state index contributed by atoms with van der Waals surface area (Å²) in [6, 6.07) is 18.5. The minimum Gasteiger partial charge on any atom is -0.309 e. The number of nitrogens with zero attached hydrogens (tertiary/aromatic N) is 3. The lowest BCUT2D eigenvalue weighted by Crippen LogP contribution is -2.29. The number of rotatable bonds is 4. The smallest absolute Gasteiger partial charge is 0.162 e. The number of hydrazone groups is 1. The Bertz CT molecular complexity index is 853. The maximum Gasteiger partial charge on any atom is 0.162 e. The summed E-state index contributed by atoms with van der Waals surface area (Å²) in [4.78, 5) is 2.36. The molecule has 26 heavy (non-hydrogen) atoms. The molecule has 0 N–H and O–H groups in total. The summed E-state index contributed by atoms with van der Waals surface area (Å²) >= 11 is 6.04. The summed E-state index contributed by atoms with van der Waals surface area (Å²) < 4.78 is 0. The second kappa shape index (κ2) is 7.38. The monoisotopic (exact) mass is 363 g/mol. The van der Waals surface area contributed by atoms with Crippen molar-refractivity contribution in [2.45, 2.75) is 25.7 Å². The first-order chi connectivity index (χ1) is 12.8. The first-order valence-electron chi connectivity index (χ1n) is 9.06. The molecule has 0 atom stereocenters. The summed E-state index contributed by atoms with van der Waals surface area (Å²) in [5.41, 5.74) is 3.82. The van der Waals surface area contributed by atoms with Crippen molar-refractivity contribution in [2.75, 3.05) is 6.54 Å². The van der Waals surface area contributed by atoms with Gasteiger partial charge in [0, 0.05) is 23.3 Å². The Kier molecular flexibility index (Phi) is 4.81. The molecule has 0 spiro atoms. The van der Waals surface area contributed by atoms with Gasteiger partial charge in [-0.05, 0) is 49.0 Å². The van der Waals surface area contributed by atoms with Crippen LogP contribution in [-0.2, 0) is 6.42 Å². The Morgan fingerprint density at radius 1 is 1.04 bits per heavy atom. The van der Waals surface area contributed by atoms with Crippen LogP contribution in [0.5, 0.6) is 0 Å². The average Bonchev–Trinajstić information content (AvgIpc) is 2.93. The Labute approximate surface area is 159 Å². The highest BCUT2D eigenvalue weighted by atomic mass is 35.5. The largest absolute Gasteiger partial charge is 0.309 e. The van der Waals surface area contributed by atoms with Crippen molar-refractivity contribution >= 4 is 17.4 Å². The number of hydrogen-bond donors (Lipinski definition) is 0. The highest BCUT2D eigenvalue weighted by Gasteiger charge is 2.32. The lowest BCUT2D eigenvalue weighted by atomic mass is 10.0. The molecule has 0 radical (unpaired) electrons. The molecule has 0 aliphatic carbocycles. The molecule has 4 heteroatoms. The quantitative estimate of drug-likeness (QED) is 0.724. The lowest BCUT2D eigenvalue weighted by Gasteiger charge is -2.24. The molecule has 2 aliphatic rings. The van der Waals surface area contributed by atoms with E-state index in [-0.39, 0.29) is 0 Å². The highest BCUT2D eigenvalue weighted by Crippen LogP contribution is 2.33. The molecule has 0 saturated carbocycles. The van der Waals surface area contributed by atoms with E-state index >= 15 is 0 Å².